The maximum absolute atomic E-state index is 10.8. The monoisotopic (exact) mass is 532 g/mol. The first-order valence-electron chi connectivity index (χ1n) is 14.4. The molecule has 0 saturated carbocycles. The van der Waals surface area contributed by atoms with Gasteiger partial charge in [0.2, 0.25) is 0 Å². The summed E-state index contributed by atoms with van der Waals surface area (Å²) in [5.41, 5.74) is 2.11. The first kappa shape index (κ1) is 31.2. The predicted molar refractivity (Wildman–Crippen MR) is 154 cm³/mol. The van der Waals surface area contributed by atoms with Gasteiger partial charge >= 0.3 is 0 Å². The smallest absolute Gasteiger partial charge is 0.264 e. The quantitative estimate of drug-likeness (QED) is 0.121. The highest BCUT2D eigenvalue weighted by Crippen LogP contribution is 2.38. The molecule has 0 aliphatic heterocycles. The van der Waals surface area contributed by atoms with Gasteiger partial charge in [-0.1, -0.05) is 120 Å². The molecule has 0 aliphatic carbocycles. The number of unbranched alkanes of at least 4 members (excludes halogenated alkanes) is 13. The molecule has 0 unspecified atom stereocenters. The molecule has 2 aromatic rings. The van der Waals surface area contributed by atoms with Crippen LogP contribution < -0.4 is 9.47 Å². The van der Waals surface area contributed by atoms with Crippen LogP contribution in [0.5, 0.6) is 11.5 Å². The van der Waals surface area contributed by atoms with Crippen LogP contribution in [0.25, 0.3) is 11.1 Å². The molecule has 0 aliphatic rings. The van der Waals surface area contributed by atoms with E-state index in [4.69, 9.17) is 14.0 Å². The van der Waals surface area contributed by atoms with Crippen molar-refractivity contribution >= 4 is 10.1 Å². The van der Waals surface area contributed by atoms with Crippen LogP contribution in [-0.2, 0) is 10.1 Å². The third-order valence-electron chi connectivity index (χ3n) is 6.61. The lowest BCUT2D eigenvalue weighted by Crippen LogP contribution is -2.03. The van der Waals surface area contributed by atoms with Crippen LogP contribution in [0.4, 0.5) is 0 Å². The third kappa shape index (κ3) is 14.5. The summed E-state index contributed by atoms with van der Waals surface area (Å²) in [6.45, 7) is 3.61. The molecule has 6 heteroatoms. The van der Waals surface area contributed by atoms with Crippen molar-refractivity contribution < 1.29 is 22.4 Å². The van der Waals surface area contributed by atoms with Gasteiger partial charge in [-0.15, -0.1) is 0 Å². The molecular weight excluding hydrogens is 484 g/mol. The average molecular weight is 533 g/mol. The zero-order valence-corrected chi connectivity index (χ0v) is 23.7. The lowest BCUT2D eigenvalue weighted by molar-refractivity contribution is 0.292. The first-order valence-corrected chi connectivity index (χ1v) is 16.0. The number of hydrogen-bond acceptors (Lipinski definition) is 4. The molecule has 0 heterocycles. The van der Waals surface area contributed by atoms with Gasteiger partial charge in [0.05, 0.1) is 24.5 Å². The summed E-state index contributed by atoms with van der Waals surface area (Å²) in [5, 5.41) is 0. The van der Waals surface area contributed by atoms with Crippen LogP contribution in [0.2, 0.25) is 0 Å². The average Bonchev–Trinajstić information content (AvgIpc) is 2.88. The van der Waals surface area contributed by atoms with Gasteiger partial charge < -0.3 is 9.47 Å². The Hall–Kier alpha value is -2.05. The Labute approximate surface area is 225 Å². The summed E-state index contributed by atoms with van der Waals surface area (Å²) >= 11 is 0. The Morgan fingerprint density at radius 3 is 1.54 bits per heavy atom. The van der Waals surface area contributed by atoms with Gasteiger partial charge in [0, 0.05) is 0 Å². The number of benzene rings is 2. The van der Waals surface area contributed by atoms with Gasteiger partial charge in [0.1, 0.15) is 11.5 Å². The maximum Gasteiger partial charge on any atom is 0.264 e. The van der Waals surface area contributed by atoms with Gasteiger partial charge in [0.15, 0.2) is 0 Å². The van der Waals surface area contributed by atoms with E-state index < -0.39 is 10.1 Å². The zero-order chi connectivity index (χ0) is 26.6. The van der Waals surface area contributed by atoms with E-state index in [2.05, 4.69) is 19.1 Å². The van der Waals surface area contributed by atoms with Crippen molar-refractivity contribution in [2.45, 2.75) is 103 Å². The Morgan fingerprint density at radius 1 is 0.595 bits per heavy atom. The minimum absolute atomic E-state index is 0.143. The minimum atomic E-state index is -3.83. The van der Waals surface area contributed by atoms with Crippen LogP contribution in [0, 0.1) is 0 Å². The molecule has 2 rings (SSSR count). The largest absolute Gasteiger partial charge is 0.493 e. The molecule has 5 nitrogen and oxygen atoms in total. The second-order valence-electron chi connectivity index (χ2n) is 9.93. The van der Waals surface area contributed by atoms with E-state index in [-0.39, 0.29) is 5.75 Å². The van der Waals surface area contributed by atoms with E-state index in [0.29, 0.717) is 13.0 Å². The SMILES string of the molecule is CCCCCCCCCCCOc1cccc(OCCCCCCCCS(=O)(=O)O)c1-c1ccccc1. The van der Waals surface area contributed by atoms with Crippen molar-refractivity contribution in [3.63, 3.8) is 0 Å². The molecule has 0 bridgehead atoms. The van der Waals surface area contributed by atoms with Gasteiger partial charge in [-0.2, -0.15) is 8.42 Å². The summed E-state index contributed by atoms with van der Waals surface area (Å²) in [5.74, 6) is 1.58. The van der Waals surface area contributed by atoms with E-state index in [1.165, 1.54) is 51.4 Å². The van der Waals surface area contributed by atoms with Crippen LogP contribution in [-0.4, -0.2) is 31.9 Å². The van der Waals surface area contributed by atoms with Crippen LogP contribution in [0.3, 0.4) is 0 Å². The summed E-state index contributed by atoms with van der Waals surface area (Å²) < 4.78 is 42.8. The molecule has 2 aromatic carbocycles. The van der Waals surface area contributed by atoms with Gasteiger partial charge in [-0.25, -0.2) is 0 Å². The molecule has 0 saturated heterocycles. The number of rotatable bonds is 22. The Bertz CT molecular complexity index is 943. The molecule has 0 atom stereocenters. The van der Waals surface area contributed by atoms with E-state index in [1.807, 2.05) is 36.4 Å². The second kappa shape index (κ2) is 19.1. The first-order chi connectivity index (χ1) is 18.0. The summed E-state index contributed by atoms with van der Waals surface area (Å²) in [6, 6.07) is 16.4. The van der Waals surface area contributed by atoms with Crippen molar-refractivity contribution in [3.05, 3.63) is 48.5 Å². The molecule has 37 heavy (non-hydrogen) atoms. The highest BCUT2D eigenvalue weighted by molar-refractivity contribution is 7.85. The van der Waals surface area contributed by atoms with Crippen molar-refractivity contribution in [2.75, 3.05) is 19.0 Å². The highest BCUT2D eigenvalue weighted by Gasteiger charge is 2.13. The van der Waals surface area contributed by atoms with Crippen molar-refractivity contribution in [2.24, 2.45) is 0 Å². The minimum Gasteiger partial charge on any atom is -0.493 e. The Kier molecular flexibility index (Phi) is 16.1. The van der Waals surface area contributed by atoms with Crippen LogP contribution in [0.1, 0.15) is 103 Å². The molecule has 0 fully saturated rings. The maximum atomic E-state index is 10.8. The topological polar surface area (TPSA) is 72.8 Å². The van der Waals surface area contributed by atoms with Gasteiger partial charge in [-0.05, 0) is 37.0 Å². The predicted octanol–water partition coefficient (Wildman–Crippen LogP) is 8.87. The normalized spacial score (nSPS) is 11.5. The van der Waals surface area contributed by atoms with E-state index in [1.54, 1.807) is 0 Å². The standard InChI is InChI=1S/C31H48O5S/c1-2-3-4-5-6-7-8-11-17-25-35-29-23-20-24-30(31(29)28-21-15-14-16-22-28)36-26-18-12-9-10-13-19-27-37(32,33)34/h14-16,20-24H,2-13,17-19,25-27H2,1H3,(H,32,33,34). The van der Waals surface area contributed by atoms with Crippen LogP contribution >= 0.6 is 0 Å². The summed E-state index contributed by atoms with van der Waals surface area (Å²) in [4.78, 5) is 0. The molecule has 208 valence electrons. The van der Waals surface area contributed by atoms with Gasteiger partial charge in [-0.3, -0.25) is 4.55 Å². The van der Waals surface area contributed by atoms with Gasteiger partial charge in [0.25, 0.3) is 10.1 Å². The number of hydrogen-bond donors (Lipinski definition) is 1. The lowest BCUT2D eigenvalue weighted by Gasteiger charge is -2.17. The third-order valence-corrected chi connectivity index (χ3v) is 7.41. The van der Waals surface area contributed by atoms with E-state index in [0.717, 1.165) is 67.8 Å². The fourth-order valence-corrected chi connectivity index (χ4v) is 5.08. The molecule has 0 radical (unpaired) electrons. The van der Waals surface area contributed by atoms with E-state index >= 15 is 0 Å². The molecular formula is C31H48O5S. The summed E-state index contributed by atoms with van der Waals surface area (Å²) in [6.07, 6.45) is 16.9. The summed E-state index contributed by atoms with van der Waals surface area (Å²) in [7, 11) is -3.83. The molecule has 1 N–H and O–H groups in total. The van der Waals surface area contributed by atoms with Crippen molar-refractivity contribution in [1.82, 2.24) is 0 Å². The number of ether oxygens (including phenoxy) is 2. The fraction of sp³-hybridized carbons (Fsp3) is 0.613. The molecule has 0 aromatic heterocycles. The Balaban J connectivity index is 1.77. The van der Waals surface area contributed by atoms with Crippen molar-refractivity contribution in [1.29, 1.82) is 0 Å². The zero-order valence-electron chi connectivity index (χ0n) is 22.8. The Morgan fingerprint density at radius 2 is 1.05 bits per heavy atom. The fourth-order valence-electron chi connectivity index (χ4n) is 4.51. The highest BCUT2D eigenvalue weighted by atomic mass is 32.2. The molecule has 0 spiro atoms. The second-order valence-corrected chi connectivity index (χ2v) is 11.5. The van der Waals surface area contributed by atoms with E-state index in [9.17, 15) is 8.42 Å². The lowest BCUT2D eigenvalue weighted by atomic mass is 10.0. The molecule has 0 amide bonds. The van der Waals surface area contributed by atoms with Crippen LogP contribution in [0.15, 0.2) is 48.5 Å². The van der Waals surface area contributed by atoms with Crippen molar-refractivity contribution in [3.8, 4) is 22.6 Å².